The zero-order valence-electron chi connectivity index (χ0n) is 15.7. The van der Waals surface area contributed by atoms with Crippen molar-refractivity contribution < 1.29 is 27.5 Å². The molecule has 0 unspecified atom stereocenters. The van der Waals surface area contributed by atoms with Gasteiger partial charge in [-0.15, -0.1) is 0 Å². The Morgan fingerprint density at radius 2 is 1.81 bits per heavy atom. The number of carbonyl (C=O) groups is 3. The van der Waals surface area contributed by atoms with Gasteiger partial charge in [0.1, 0.15) is 5.60 Å². The first kappa shape index (κ1) is 20.6. The van der Waals surface area contributed by atoms with E-state index in [0.29, 0.717) is 25.9 Å². The number of carbonyl (C=O) groups excluding carboxylic acids is 3. The minimum Gasteiger partial charge on any atom is -0.444 e. The van der Waals surface area contributed by atoms with Crippen LogP contribution in [0.15, 0.2) is 0 Å². The van der Waals surface area contributed by atoms with Crippen LogP contribution in [0.25, 0.3) is 0 Å². The molecule has 10 heteroatoms. The van der Waals surface area contributed by atoms with E-state index in [1.54, 1.807) is 25.7 Å². The second-order valence-electron chi connectivity index (χ2n) is 7.94. The van der Waals surface area contributed by atoms with Crippen LogP contribution in [0.2, 0.25) is 0 Å². The summed E-state index contributed by atoms with van der Waals surface area (Å²) in [7, 11) is -3.37. The van der Waals surface area contributed by atoms with Gasteiger partial charge >= 0.3 is 6.09 Å². The average Bonchev–Trinajstić information content (AvgIpc) is 2.69. The number of rotatable bonds is 4. The summed E-state index contributed by atoms with van der Waals surface area (Å²) in [6.07, 6.45) is 1.50. The number of hydrogen-bond acceptors (Lipinski definition) is 6. The maximum atomic E-state index is 12.7. The van der Waals surface area contributed by atoms with E-state index in [1.807, 2.05) is 0 Å². The molecule has 0 aliphatic carbocycles. The van der Waals surface area contributed by atoms with Crippen molar-refractivity contribution in [3.05, 3.63) is 0 Å². The summed E-state index contributed by atoms with van der Waals surface area (Å²) < 4.78 is 29.9. The molecular formula is C16H27N3O6S. The molecule has 3 amide bonds. The fourth-order valence-electron chi connectivity index (χ4n) is 3.26. The largest absolute Gasteiger partial charge is 0.444 e. The Bertz CT molecular complexity index is 689. The van der Waals surface area contributed by atoms with E-state index < -0.39 is 27.1 Å². The molecule has 0 radical (unpaired) electrons. The first-order valence-electron chi connectivity index (χ1n) is 8.60. The number of likely N-dealkylation sites (tertiary alicyclic amines) is 2. The fourth-order valence-corrected chi connectivity index (χ4v) is 3.73. The van der Waals surface area contributed by atoms with E-state index in [4.69, 9.17) is 4.74 Å². The van der Waals surface area contributed by atoms with Crippen molar-refractivity contribution in [1.29, 1.82) is 0 Å². The van der Waals surface area contributed by atoms with E-state index in [1.165, 1.54) is 0 Å². The molecule has 2 rings (SSSR count). The van der Waals surface area contributed by atoms with E-state index in [-0.39, 0.29) is 31.3 Å². The molecule has 1 N–H and O–H groups in total. The smallest absolute Gasteiger partial charge is 0.410 e. The van der Waals surface area contributed by atoms with Crippen molar-refractivity contribution in [2.75, 3.05) is 32.4 Å². The van der Waals surface area contributed by atoms with Crippen LogP contribution in [0.4, 0.5) is 4.79 Å². The summed E-state index contributed by atoms with van der Waals surface area (Å²) in [4.78, 5) is 39.8. The molecule has 0 bridgehead atoms. The molecule has 2 fully saturated rings. The van der Waals surface area contributed by atoms with Gasteiger partial charge in [0, 0.05) is 32.6 Å². The lowest BCUT2D eigenvalue weighted by molar-refractivity contribution is -0.142. The third-order valence-electron chi connectivity index (χ3n) is 4.56. The highest BCUT2D eigenvalue weighted by molar-refractivity contribution is 7.88. The summed E-state index contributed by atoms with van der Waals surface area (Å²) in [5, 5.41) is 0. The fraction of sp³-hybridized carbons (Fsp3) is 0.812. The standard InChI is InChI=1S/C16H27N3O6S/c1-15(2,3)25-14(22)18-8-5-16(6-9-18)11-12(20)19(13(16)21)10-7-17-26(4,23)24/h17H,5-11H2,1-4H3. The van der Waals surface area contributed by atoms with Crippen LogP contribution in [0, 0.1) is 5.41 Å². The van der Waals surface area contributed by atoms with Gasteiger partial charge < -0.3 is 9.64 Å². The maximum absolute atomic E-state index is 12.7. The predicted molar refractivity (Wildman–Crippen MR) is 93.7 cm³/mol. The number of nitrogens with zero attached hydrogens (tertiary/aromatic N) is 2. The number of amides is 3. The van der Waals surface area contributed by atoms with Crippen molar-refractivity contribution >= 4 is 27.9 Å². The first-order valence-corrected chi connectivity index (χ1v) is 10.5. The minimum atomic E-state index is -3.37. The van der Waals surface area contributed by atoms with Crippen LogP contribution in [0.1, 0.15) is 40.0 Å². The molecule has 2 aliphatic heterocycles. The highest BCUT2D eigenvalue weighted by atomic mass is 32.2. The Hall–Kier alpha value is -1.68. The van der Waals surface area contributed by atoms with Crippen molar-refractivity contribution in [1.82, 2.24) is 14.5 Å². The van der Waals surface area contributed by atoms with Gasteiger partial charge in [0.25, 0.3) is 0 Å². The van der Waals surface area contributed by atoms with Crippen molar-refractivity contribution in [3.8, 4) is 0 Å². The van der Waals surface area contributed by atoms with Gasteiger partial charge in [0.15, 0.2) is 0 Å². The lowest BCUT2D eigenvalue weighted by atomic mass is 9.77. The zero-order chi connectivity index (χ0) is 19.8. The number of sulfonamides is 1. The molecule has 1 spiro atoms. The van der Waals surface area contributed by atoms with E-state index >= 15 is 0 Å². The normalized spacial score (nSPS) is 20.8. The number of imide groups is 1. The molecule has 26 heavy (non-hydrogen) atoms. The first-order chi connectivity index (χ1) is 11.8. The number of nitrogens with one attached hydrogen (secondary N) is 1. The van der Waals surface area contributed by atoms with E-state index in [0.717, 1.165) is 11.2 Å². The highest BCUT2D eigenvalue weighted by Crippen LogP contribution is 2.42. The third kappa shape index (κ3) is 4.94. The van der Waals surface area contributed by atoms with Crippen LogP contribution >= 0.6 is 0 Å². The summed E-state index contributed by atoms with van der Waals surface area (Å²) >= 11 is 0. The third-order valence-corrected chi connectivity index (χ3v) is 5.29. The molecular weight excluding hydrogens is 362 g/mol. The SMILES string of the molecule is CC(C)(C)OC(=O)N1CCC2(CC1)CC(=O)N(CCNS(C)(=O)=O)C2=O. The zero-order valence-corrected chi connectivity index (χ0v) is 16.5. The molecule has 2 heterocycles. The quantitative estimate of drug-likeness (QED) is 0.693. The van der Waals surface area contributed by atoms with Crippen LogP contribution in [0.3, 0.4) is 0 Å². The van der Waals surface area contributed by atoms with Gasteiger partial charge in [-0.2, -0.15) is 0 Å². The Balaban J connectivity index is 1.95. The lowest BCUT2D eigenvalue weighted by Crippen LogP contribution is -2.48. The lowest BCUT2D eigenvalue weighted by Gasteiger charge is -2.37. The molecule has 148 valence electrons. The van der Waals surface area contributed by atoms with E-state index in [2.05, 4.69) is 4.72 Å². The second-order valence-corrected chi connectivity index (χ2v) is 9.77. The molecule has 2 aliphatic rings. The van der Waals surface area contributed by atoms with Gasteiger partial charge in [0.2, 0.25) is 21.8 Å². The van der Waals surface area contributed by atoms with E-state index in [9.17, 15) is 22.8 Å². The summed E-state index contributed by atoms with van der Waals surface area (Å²) in [5.74, 6) is -0.572. The van der Waals surface area contributed by atoms with Crippen molar-refractivity contribution in [3.63, 3.8) is 0 Å². The number of hydrogen-bond donors (Lipinski definition) is 1. The molecule has 9 nitrogen and oxygen atoms in total. The molecule has 0 saturated carbocycles. The molecule has 0 aromatic heterocycles. The highest BCUT2D eigenvalue weighted by Gasteiger charge is 2.52. The predicted octanol–water partition coefficient (Wildman–Crippen LogP) is 0.312. The van der Waals surface area contributed by atoms with Gasteiger partial charge in [-0.05, 0) is 33.6 Å². The Labute approximate surface area is 154 Å². The van der Waals surface area contributed by atoms with Gasteiger partial charge in [-0.1, -0.05) is 0 Å². The van der Waals surface area contributed by atoms with Gasteiger partial charge in [-0.3, -0.25) is 14.5 Å². The van der Waals surface area contributed by atoms with Crippen molar-refractivity contribution in [2.45, 2.75) is 45.6 Å². The Morgan fingerprint density at radius 1 is 1.23 bits per heavy atom. The van der Waals surface area contributed by atoms with Gasteiger partial charge in [-0.25, -0.2) is 17.9 Å². The summed E-state index contributed by atoms with van der Waals surface area (Å²) in [5.41, 5.74) is -1.38. The van der Waals surface area contributed by atoms with Crippen LogP contribution in [0.5, 0.6) is 0 Å². The number of ether oxygens (including phenoxy) is 1. The number of piperidine rings is 1. The van der Waals surface area contributed by atoms with Crippen LogP contribution in [-0.4, -0.2) is 74.2 Å². The van der Waals surface area contributed by atoms with Gasteiger partial charge in [0.05, 0.1) is 11.7 Å². The summed E-state index contributed by atoms with van der Waals surface area (Å²) in [6, 6.07) is 0. The Kier molecular flexibility index (Phi) is 5.67. The van der Waals surface area contributed by atoms with Crippen molar-refractivity contribution in [2.24, 2.45) is 5.41 Å². The molecule has 0 aromatic carbocycles. The topological polar surface area (TPSA) is 113 Å². The summed E-state index contributed by atoms with van der Waals surface area (Å²) in [6.45, 7) is 6.08. The molecule has 2 saturated heterocycles. The minimum absolute atomic E-state index is 0.00354. The monoisotopic (exact) mass is 389 g/mol. The molecule has 0 atom stereocenters. The second kappa shape index (κ2) is 7.15. The Morgan fingerprint density at radius 3 is 2.31 bits per heavy atom. The van der Waals surface area contributed by atoms with Crippen LogP contribution < -0.4 is 4.72 Å². The maximum Gasteiger partial charge on any atom is 0.410 e. The average molecular weight is 389 g/mol. The molecule has 0 aromatic rings. The van der Waals surface area contributed by atoms with Crippen LogP contribution in [-0.2, 0) is 24.3 Å².